The van der Waals surface area contributed by atoms with Crippen LogP contribution < -0.4 is 20.2 Å². The number of para-hydroxylation sites is 1. The van der Waals surface area contributed by atoms with Crippen molar-refractivity contribution in [3.05, 3.63) is 90.0 Å². The van der Waals surface area contributed by atoms with Crippen molar-refractivity contribution < 1.29 is 9.47 Å². The first kappa shape index (κ1) is 19.4. The van der Waals surface area contributed by atoms with E-state index in [9.17, 15) is 0 Å². The van der Waals surface area contributed by atoms with E-state index in [0.29, 0.717) is 11.7 Å². The highest BCUT2D eigenvalue weighted by Gasteiger charge is 2.02. The van der Waals surface area contributed by atoms with Gasteiger partial charge in [-0.05, 0) is 54.2 Å². The van der Waals surface area contributed by atoms with Gasteiger partial charge in [0.2, 0.25) is 0 Å². The van der Waals surface area contributed by atoms with E-state index < -0.39 is 0 Å². The summed E-state index contributed by atoms with van der Waals surface area (Å²) in [5.41, 5.74) is 5.63. The van der Waals surface area contributed by atoms with E-state index in [4.69, 9.17) is 21.7 Å². The zero-order valence-electron chi connectivity index (χ0n) is 15.5. The van der Waals surface area contributed by atoms with Crippen molar-refractivity contribution in [1.29, 1.82) is 0 Å². The van der Waals surface area contributed by atoms with Gasteiger partial charge in [-0.15, -0.1) is 0 Å². The molecular weight excluding hydrogens is 370 g/mol. The smallest absolute Gasteiger partial charge is 0.191 e. The quantitative estimate of drug-likeness (QED) is 0.350. The Morgan fingerprint density at radius 2 is 1.68 bits per heavy atom. The molecule has 0 spiro atoms. The molecule has 0 amide bonds. The molecule has 0 aromatic heterocycles. The van der Waals surface area contributed by atoms with Crippen LogP contribution in [0.15, 0.2) is 84.0 Å². The maximum Gasteiger partial charge on any atom is 0.191 e. The minimum atomic E-state index is 0.393. The largest absolute Gasteiger partial charge is 0.497 e. The van der Waals surface area contributed by atoms with Gasteiger partial charge in [0.05, 0.1) is 13.3 Å². The fourth-order valence-electron chi connectivity index (χ4n) is 2.45. The fourth-order valence-corrected chi connectivity index (χ4v) is 2.62. The normalized spacial score (nSPS) is 10.5. The van der Waals surface area contributed by atoms with E-state index in [1.807, 2.05) is 78.9 Å². The standard InChI is InChI=1S/C22H21N3O2S/c1-26-20-13-11-19(12-14-20)24-22(28)25-23-15-18-9-5-6-10-21(18)27-16-17-7-3-2-4-8-17/h2-15H,16H2,1H3,(H2,24,25,28)/b23-15-. The average molecular weight is 391 g/mol. The Kier molecular flexibility index (Phi) is 6.98. The molecule has 142 valence electrons. The van der Waals surface area contributed by atoms with Crippen LogP contribution in [0.4, 0.5) is 5.69 Å². The van der Waals surface area contributed by atoms with Gasteiger partial charge >= 0.3 is 0 Å². The van der Waals surface area contributed by atoms with Crippen molar-refractivity contribution in [2.75, 3.05) is 12.4 Å². The zero-order valence-corrected chi connectivity index (χ0v) is 16.3. The molecule has 0 atom stereocenters. The molecule has 0 saturated carbocycles. The first-order chi connectivity index (χ1) is 13.7. The summed E-state index contributed by atoms with van der Waals surface area (Å²) in [6.45, 7) is 0.497. The second kappa shape index (κ2) is 10.1. The summed E-state index contributed by atoms with van der Waals surface area (Å²) in [6, 6.07) is 25.2. The highest BCUT2D eigenvalue weighted by atomic mass is 32.1. The Morgan fingerprint density at radius 3 is 2.43 bits per heavy atom. The third kappa shape index (κ3) is 5.82. The number of benzene rings is 3. The van der Waals surface area contributed by atoms with Crippen LogP contribution in [0.25, 0.3) is 0 Å². The Hall–Kier alpha value is -3.38. The molecule has 0 saturated heterocycles. The minimum Gasteiger partial charge on any atom is -0.497 e. The second-order valence-electron chi connectivity index (χ2n) is 5.86. The molecule has 0 aliphatic carbocycles. The topological polar surface area (TPSA) is 54.9 Å². The first-order valence-corrected chi connectivity index (χ1v) is 9.15. The highest BCUT2D eigenvalue weighted by Crippen LogP contribution is 2.18. The predicted octanol–water partition coefficient (Wildman–Crippen LogP) is 4.59. The van der Waals surface area contributed by atoms with Crippen molar-refractivity contribution >= 4 is 29.2 Å². The molecule has 3 rings (SSSR count). The number of thiocarbonyl (C=S) groups is 1. The van der Waals surface area contributed by atoms with Gasteiger partial charge in [-0.25, -0.2) is 0 Å². The van der Waals surface area contributed by atoms with Gasteiger partial charge < -0.3 is 14.8 Å². The SMILES string of the molecule is COc1ccc(NC(=S)N/N=C\c2ccccc2OCc2ccccc2)cc1. The predicted molar refractivity (Wildman–Crippen MR) is 117 cm³/mol. The monoisotopic (exact) mass is 391 g/mol. The number of hydrogen-bond donors (Lipinski definition) is 2. The lowest BCUT2D eigenvalue weighted by atomic mass is 10.2. The van der Waals surface area contributed by atoms with E-state index >= 15 is 0 Å². The maximum atomic E-state index is 5.92. The lowest BCUT2D eigenvalue weighted by Crippen LogP contribution is -2.23. The maximum absolute atomic E-state index is 5.92. The molecule has 0 fully saturated rings. The van der Waals surface area contributed by atoms with E-state index in [2.05, 4.69) is 15.8 Å². The Morgan fingerprint density at radius 1 is 0.964 bits per heavy atom. The Balaban J connectivity index is 1.55. The van der Waals surface area contributed by atoms with Crippen LogP contribution in [-0.4, -0.2) is 18.4 Å². The van der Waals surface area contributed by atoms with Crippen LogP contribution in [0, 0.1) is 0 Å². The van der Waals surface area contributed by atoms with Crippen LogP contribution in [0.5, 0.6) is 11.5 Å². The van der Waals surface area contributed by atoms with Crippen molar-refractivity contribution in [2.45, 2.75) is 6.61 Å². The summed E-state index contributed by atoms with van der Waals surface area (Å²) in [7, 11) is 1.63. The fraction of sp³-hybridized carbons (Fsp3) is 0.0909. The summed E-state index contributed by atoms with van der Waals surface area (Å²) >= 11 is 5.26. The van der Waals surface area contributed by atoms with Gasteiger partial charge in [-0.3, -0.25) is 5.43 Å². The highest BCUT2D eigenvalue weighted by molar-refractivity contribution is 7.80. The molecule has 0 aliphatic rings. The number of ether oxygens (including phenoxy) is 2. The molecule has 0 aliphatic heterocycles. The van der Waals surface area contributed by atoms with E-state index in [-0.39, 0.29) is 0 Å². The third-order valence-electron chi connectivity index (χ3n) is 3.87. The van der Waals surface area contributed by atoms with Crippen molar-refractivity contribution in [3.63, 3.8) is 0 Å². The van der Waals surface area contributed by atoms with E-state index in [0.717, 1.165) is 28.3 Å². The van der Waals surface area contributed by atoms with E-state index in [1.165, 1.54) is 0 Å². The molecule has 6 heteroatoms. The summed E-state index contributed by atoms with van der Waals surface area (Å²) < 4.78 is 11.1. The van der Waals surface area contributed by atoms with Crippen LogP contribution in [0.3, 0.4) is 0 Å². The number of nitrogens with zero attached hydrogens (tertiary/aromatic N) is 1. The molecule has 2 N–H and O–H groups in total. The third-order valence-corrected chi connectivity index (χ3v) is 4.07. The molecule has 5 nitrogen and oxygen atoms in total. The lowest BCUT2D eigenvalue weighted by molar-refractivity contribution is 0.306. The Bertz CT molecular complexity index is 928. The Labute approximate surface area is 170 Å². The van der Waals surface area contributed by atoms with Crippen molar-refractivity contribution in [1.82, 2.24) is 5.43 Å². The van der Waals surface area contributed by atoms with Gasteiger partial charge in [-0.2, -0.15) is 5.10 Å². The number of methoxy groups -OCH3 is 1. The molecular formula is C22H21N3O2S. The van der Waals surface area contributed by atoms with Gasteiger partial charge in [-0.1, -0.05) is 42.5 Å². The van der Waals surface area contributed by atoms with Gasteiger partial charge in [0.15, 0.2) is 5.11 Å². The number of hydrogen-bond acceptors (Lipinski definition) is 4. The summed E-state index contributed by atoms with van der Waals surface area (Å²) in [4.78, 5) is 0. The average Bonchev–Trinajstić information content (AvgIpc) is 2.74. The molecule has 0 radical (unpaired) electrons. The number of hydrazone groups is 1. The van der Waals surface area contributed by atoms with E-state index in [1.54, 1.807) is 13.3 Å². The number of rotatable bonds is 7. The van der Waals surface area contributed by atoms with Gasteiger partial charge in [0, 0.05) is 11.3 Å². The molecule has 3 aromatic carbocycles. The zero-order chi connectivity index (χ0) is 19.6. The van der Waals surface area contributed by atoms with Gasteiger partial charge in [0.1, 0.15) is 18.1 Å². The van der Waals surface area contributed by atoms with Crippen molar-refractivity contribution in [3.8, 4) is 11.5 Å². The van der Waals surface area contributed by atoms with Crippen LogP contribution >= 0.6 is 12.2 Å². The first-order valence-electron chi connectivity index (χ1n) is 8.74. The van der Waals surface area contributed by atoms with Crippen molar-refractivity contribution in [2.24, 2.45) is 5.10 Å². The second-order valence-corrected chi connectivity index (χ2v) is 6.27. The number of nitrogens with one attached hydrogen (secondary N) is 2. The van der Waals surface area contributed by atoms with Crippen LogP contribution in [0.2, 0.25) is 0 Å². The summed E-state index contributed by atoms with van der Waals surface area (Å²) in [5, 5.41) is 7.66. The molecule has 3 aromatic rings. The molecule has 0 bridgehead atoms. The molecule has 0 heterocycles. The van der Waals surface area contributed by atoms with Gasteiger partial charge in [0.25, 0.3) is 0 Å². The van der Waals surface area contributed by atoms with Crippen LogP contribution in [0.1, 0.15) is 11.1 Å². The summed E-state index contributed by atoms with van der Waals surface area (Å²) in [6.07, 6.45) is 1.68. The molecule has 0 unspecified atom stereocenters. The summed E-state index contributed by atoms with van der Waals surface area (Å²) in [5.74, 6) is 1.54. The lowest BCUT2D eigenvalue weighted by Gasteiger charge is -2.10. The minimum absolute atomic E-state index is 0.393. The molecule has 28 heavy (non-hydrogen) atoms. The number of anilines is 1. The van der Waals surface area contributed by atoms with Crippen LogP contribution in [-0.2, 0) is 6.61 Å².